The first kappa shape index (κ1) is 14.2. The SMILES string of the molecule is CC(=O)N1CCCCCCCCCCCC1=O. The van der Waals surface area contributed by atoms with Gasteiger partial charge in [-0.3, -0.25) is 14.5 Å². The van der Waals surface area contributed by atoms with Crippen molar-refractivity contribution >= 4 is 11.8 Å². The van der Waals surface area contributed by atoms with Gasteiger partial charge in [-0.15, -0.1) is 0 Å². The van der Waals surface area contributed by atoms with Crippen LogP contribution in [-0.2, 0) is 9.59 Å². The van der Waals surface area contributed by atoms with Crippen LogP contribution in [0.2, 0.25) is 0 Å². The molecule has 3 nitrogen and oxygen atoms in total. The Morgan fingerprint density at radius 3 is 1.88 bits per heavy atom. The number of rotatable bonds is 0. The van der Waals surface area contributed by atoms with E-state index in [1.807, 2.05) is 0 Å². The molecule has 2 amide bonds. The van der Waals surface area contributed by atoms with E-state index in [-0.39, 0.29) is 11.8 Å². The van der Waals surface area contributed by atoms with Crippen LogP contribution >= 0.6 is 0 Å². The summed E-state index contributed by atoms with van der Waals surface area (Å²) >= 11 is 0. The Labute approximate surface area is 105 Å². The van der Waals surface area contributed by atoms with Crippen molar-refractivity contribution in [2.24, 2.45) is 0 Å². The van der Waals surface area contributed by atoms with Gasteiger partial charge in [0.15, 0.2) is 0 Å². The van der Waals surface area contributed by atoms with Gasteiger partial charge in [-0.05, 0) is 12.8 Å². The molecule has 0 aromatic heterocycles. The maximum absolute atomic E-state index is 11.9. The normalized spacial score (nSPS) is 21.2. The molecule has 1 fully saturated rings. The second kappa shape index (κ2) is 8.26. The Morgan fingerprint density at radius 2 is 1.35 bits per heavy atom. The van der Waals surface area contributed by atoms with E-state index in [1.54, 1.807) is 0 Å². The summed E-state index contributed by atoms with van der Waals surface area (Å²) < 4.78 is 0. The van der Waals surface area contributed by atoms with Crippen LogP contribution in [0.5, 0.6) is 0 Å². The lowest BCUT2D eigenvalue weighted by Crippen LogP contribution is -2.35. The summed E-state index contributed by atoms with van der Waals surface area (Å²) in [6, 6.07) is 0. The quantitative estimate of drug-likeness (QED) is 0.650. The van der Waals surface area contributed by atoms with Crippen LogP contribution in [0.3, 0.4) is 0 Å². The van der Waals surface area contributed by atoms with Gasteiger partial charge in [-0.25, -0.2) is 0 Å². The lowest BCUT2D eigenvalue weighted by atomic mass is 10.1. The third-order valence-corrected chi connectivity index (χ3v) is 3.45. The lowest BCUT2D eigenvalue weighted by Gasteiger charge is -2.18. The molecule has 1 saturated heterocycles. The van der Waals surface area contributed by atoms with Crippen LogP contribution in [0.4, 0.5) is 0 Å². The number of hydrogen-bond donors (Lipinski definition) is 0. The van der Waals surface area contributed by atoms with Crippen LogP contribution in [0, 0.1) is 0 Å². The van der Waals surface area contributed by atoms with Crippen LogP contribution in [0.15, 0.2) is 0 Å². The molecular formula is C14H25NO2. The first-order valence-electron chi connectivity index (χ1n) is 7.03. The summed E-state index contributed by atoms with van der Waals surface area (Å²) in [6.45, 7) is 2.12. The van der Waals surface area contributed by atoms with Gasteiger partial charge in [-0.2, -0.15) is 0 Å². The monoisotopic (exact) mass is 239 g/mol. The number of imide groups is 1. The van der Waals surface area contributed by atoms with Gasteiger partial charge in [0, 0.05) is 19.9 Å². The molecule has 0 aromatic carbocycles. The Morgan fingerprint density at radius 1 is 0.882 bits per heavy atom. The molecule has 0 radical (unpaired) electrons. The van der Waals surface area contributed by atoms with E-state index in [9.17, 15) is 9.59 Å². The first-order chi connectivity index (χ1) is 8.22. The number of carbonyl (C=O) groups excluding carboxylic acids is 2. The van der Waals surface area contributed by atoms with Gasteiger partial charge in [0.25, 0.3) is 0 Å². The van der Waals surface area contributed by atoms with Gasteiger partial charge >= 0.3 is 0 Å². The number of amides is 2. The van der Waals surface area contributed by atoms with E-state index >= 15 is 0 Å². The predicted octanol–water partition coefficient (Wildman–Crippen LogP) is 3.28. The summed E-state index contributed by atoms with van der Waals surface area (Å²) in [7, 11) is 0. The zero-order chi connectivity index (χ0) is 12.5. The van der Waals surface area contributed by atoms with Crippen molar-refractivity contribution in [3.8, 4) is 0 Å². The van der Waals surface area contributed by atoms with E-state index in [1.165, 1.54) is 43.9 Å². The smallest absolute Gasteiger partial charge is 0.229 e. The van der Waals surface area contributed by atoms with Crippen molar-refractivity contribution in [2.45, 2.75) is 71.1 Å². The Bertz CT molecular complexity index is 251. The molecular weight excluding hydrogens is 214 g/mol. The van der Waals surface area contributed by atoms with Gasteiger partial charge in [-0.1, -0.05) is 44.9 Å². The predicted molar refractivity (Wildman–Crippen MR) is 68.6 cm³/mol. The summed E-state index contributed by atoms with van der Waals surface area (Å²) in [4.78, 5) is 24.7. The molecule has 0 aromatic rings. The van der Waals surface area contributed by atoms with Crippen molar-refractivity contribution < 1.29 is 9.59 Å². The highest BCUT2D eigenvalue weighted by molar-refractivity contribution is 5.94. The summed E-state index contributed by atoms with van der Waals surface area (Å²) in [5, 5.41) is 0. The number of hydrogen-bond acceptors (Lipinski definition) is 2. The molecule has 1 aliphatic heterocycles. The van der Waals surface area contributed by atoms with Crippen molar-refractivity contribution in [3.63, 3.8) is 0 Å². The summed E-state index contributed by atoms with van der Waals surface area (Å²) in [5.41, 5.74) is 0. The first-order valence-corrected chi connectivity index (χ1v) is 7.03. The van der Waals surface area contributed by atoms with Crippen molar-refractivity contribution in [3.05, 3.63) is 0 Å². The van der Waals surface area contributed by atoms with Crippen molar-refractivity contribution in [1.82, 2.24) is 4.90 Å². The average Bonchev–Trinajstić information content (AvgIpc) is 2.30. The second-order valence-electron chi connectivity index (χ2n) is 5.00. The van der Waals surface area contributed by atoms with Gasteiger partial charge < -0.3 is 0 Å². The van der Waals surface area contributed by atoms with Crippen LogP contribution in [0.25, 0.3) is 0 Å². The largest absolute Gasteiger partial charge is 0.283 e. The third-order valence-electron chi connectivity index (χ3n) is 3.45. The molecule has 0 atom stereocenters. The van der Waals surface area contributed by atoms with E-state index in [0.717, 1.165) is 25.7 Å². The summed E-state index contributed by atoms with van der Waals surface area (Å²) in [6.07, 6.45) is 11.1. The maximum Gasteiger partial charge on any atom is 0.229 e. The molecule has 0 bridgehead atoms. The van der Waals surface area contributed by atoms with Crippen LogP contribution in [0.1, 0.15) is 71.1 Å². The highest BCUT2D eigenvalue weighted by atomic mass is 16.2. The minimum atomic E-state index is -0.0927. The van der Waals surface area contributed by atoms with Crippen molar-refractivity contribution in [1.29, 1.82) is 0 Å². The topological polar surface area (TPSA) is 37.4 Å². The highest BCUT2D eigenvalue weighted by Gasteiger charge is 2.16. The van der Waals surface area contributed by atoms with Crippen molar-refractivity contribution in [2.75, 3.05) is 6.54 Å². The fourth-order valence-electron chi connectivity index (χ4n) is 2.38. The average molecular weight is 239 g/mol. The molecule has 0 aliphatic carbocycles. The number of nitrogens with zero attached hydrogens (tertiary/aromatic N) is 1. The van der Waals surface area contributed by atoms with E-state index in [0.29, 0.717) is 13.0 Å². The fraction of sp³-hybridized carbons (Fsp3) is 0.857. The molecule has 98 valence electrons. The van der Waals surface area contributed by atoms with Gasteiger partial charge in [0.1, 0.15) is 0 Å². The number of carbonyl (C=O) groups is 2. The van der Waals surface area contributed by atoms with Crippen LogP contribution < -0.4 is 0 Å². The molecule has 17 heavy (non-hydrogen) atoms. The molecule has 1 aliphatic rings. The molecule has 0 unspecified atom stereocenters. The Hall–Kier alpha value is -0.860. The molecule has 0 saturated carbocycles. The minimum absolute atomic E-state index is 0.0248. The molecule has 0 N–H and O–H groups in total. The van der Waals surface area contributed by atoms with E-state index in [4.69, 9.17) is 0 Å². The van der Waals surface area contributed by atoms with Crippen LogP contribution in [-0.4, -0.2) is 23.3 Å². The van der Waals surface area contributed by atoms with E-state index in [2.05, 4.69) is 0 Å². The molecule has 3 heteroatoms. The fourth-order valence-corrected chi connectivity index (χ4v) is 2.38. The zero-order valence-electron chi connectivity index (χ0n) is 11.0. The Balaban J connectivity index is 2.45. The third kappa shape index (κ3) is 5.85. The molecule has 0 spiro atoms. The Kier molecular flexibility index (Phi) is 6.90. The zero-order valence-corrected chi connectivity index (χ0v) is 11.0. The standard InChI is InChI=1S/C14H25NO2/c1-13(16)15-12-10-8-6-4-2-3-5-7-9-11-14(15)17/h2-12H2,1H3. The lowest BCUT2D eigenvalue weighted by molar-refractivity contribution is -0.143. The molecule has 1 rings (SSSR count). The van der Waals surface area contributed by atoms with Gasteiger partial charge in [0.05, 0.1) is 0 Å². The second-order valence-corrected chi connectivity index (χ2v) is 5.00. The minimum Gasteiger partial charge on any atom is -0.283 e. The van der Waals surface area contributed by atoms with Gasteiger partial charge in [0.2, 0.25) is 11.8 Å². The highest BCUT2D eigenvalue weighted by Crippen LogP contribution is 2.13. The molecule has 1 heterocycles. The summed E-state index contributed by atoms with van der Waals surface area (Å²) in [5.74, 6) is -0.0679. The maximum atomic E-state index is 11.9. The van der Waals surface area contributed by atoms with E-state index < -0.39 is 0 Å².